The van der Waals surface area contributed by atoms with Crippen molar-refractivity contribution in [3.05, 3.63) is 206 Å². The van der Waals surface area contributed by atoms with Crippen LogP contribution in [0.4, 0.5) is 0 Å². The molecule has 11 aromatic rings. The average molecular weight is 727 g/mol. The predicted octanol–water partition coefficient (Wildman–Crippen LogP) is 13.6. The SMILES string of the molecule is c1ccc(-c2nc(-c3ccccc3)nc(-c3cc(-c4ccccc4)c(-n4c5cc6ccccc6cc5c5cc6ccccc6cc54)cc3-c3ccccc3)n2)cc1. The fourth-order valence-electron chi connectivity index (χ4n) is 8.24. The minimum Gasteiger partial charge on any atom is -0.309 e. The van der Waals surface area contributed by atoms with E-state index < -0.39 is 0 Å². The second-order valence-corrected chi connectivity index (χ2v) is 14.5. The summed E-state index contributed by atoms with van der Waals surface area (Å²) in [6, 6.07) is 73.0. The molecule has 0 saturated heterocycles. The first-order valence-electron chi connectivity index (χ1n) is 19.3. The number of nitrogens with zero attached hydrogens (tertiary/aromatic N) is 4. The van der Waals surface area contributed by atoms with Gasteiger partial charge in [0.25, 0.3) is 0 Å². The van der Waals surface area contributed by atoms with E-state index in [4.69, 9.17) is 15.0 Å². The van der Waals surface area contributed by atoms with Crippen LogP contribution in [0.2, 0.25) is 0 Å². The van der Waals surface area contributed by atoms with Gasteiger partial charge in [-0.05, 0) is 74.6 Å². The molecule has 0 aliphatic heterocycles. The predicted molar refractivity (Wildman–Crippen MR) is 236 cm³/mol. The highest BCUT2D eigenvalue weighted by Gasteiger charge is 2.23. The molecular formula is C53H34N4. The average Bonchev–Trinajstić information content (AvgIpc) is 3.59. The Balaban J connectivity index is 1.28. The minimum atomic E-state index is 0.615. The molecule has 4 heteroatoms. The molecule has 0 unspecified atom stereocenters. The molecule has 4 nitrogen and oxygen atoms in total. The zero-order chi connectivity index (χ0) is 37.7. The van der Waals surface area contributed by atoms with E-state index in [0.29, 0.717) is 17.5 Å². The second kappa shape index (κ2) is 13.6. The third-order valence-corrected chi connectivity index (χ3v) is 11.0. The lowest BCUT2D eigenvalue weighted by atomic mass is 9.92. The highest BCUT2D eigenvalue weighted by molar-refractivity contribution is 6.17. The Labute approximate surface area is 330 Å². The summed E-state index contributed by atoms with van der Waals surface area (Å²) < 4.78 is 2.47. The van der Waals surface area contributed by atoms with E-state index in [2.05, 4.69) is 174 Å². The molecule has 0 aliphatic carbocycles. The number of aromatic nitrogens is 4. The lowest BCUT2D eigenvalue weighted by Crippen LogP contribution is -2.04. The topological polar surface area (TPSA) is 43.6 Å². The number of benzene rings is 9. The van der Waals surface area contributed by atoms with Crippen molar-refractivity contribution in [1.82, 2.24) is 19.5 Å². The van der Waals surface area contributed by atoms with Crippen LogP contribution in [0.15, 0.2) is 206 Å². The summed E-state index contributed by atoms with van der Waals surface area (Å²) in [6.45, 7) is 0. The Bertz CT molecular complexity index is 3110. The van der Waals surface area contributed by atoms with Gasteiger partial charge in [0.1, 0.15) is 0 Å². The summed E-state index contributed by atoms with van der Waals surface area (Å²) >= 11 is 0. The van der Waals surface area contributed by atoms with Crippen molar-refractivity contribution in [3.63, 3.8) is 0 Å². The maximum Gasteiger partial charge on any atom is 0.164 e. The number of rotatable bonds is 6. The van der Waals surface area contributed by atoms with Crippen LogP contribution in [-0.4, -0.2) is 19.5 Å². The van der Waals surface area contributed by atoms with Crippen LogP contribution < -0.4 is 0 Å². The second-order valence-electron chi connectivity index (χ2n) is 14.5. The highest BCUT2D eigenvalue weighted by atomic mass is 15.0. The molecule has 0 fully saturated rings. The lowest BCUT2D eigenvalue weighted by Gasteiger charge is -2.20. The highest BCUT2D eigenvalue weighted by Crippen LogP contribution is 2.44. The number of hydrogen-bond acceptors (Lipinski definition) is 3. The van der Waals surface area contributed by atoms with Crippen LogP contribution in [0.25, 0.3) is 105 Å². The van der Waals surface area contributed by atoms with Gasteiger partial charge >= 0.3 is 0 Å². The van der Waals surface area contributed by atoms with E-state index in [-0.39, 0.29) is 0 Å². The van der Waals surface area contributed by atoms with Gasteiger partial charge in [0.15, 0.2) is 17.5 Å². The molecule has 0 radical (unpaired) electrons. The van der Waals surface area contributed by atoms with Crippen LogP contribution in [0.3, 0.4) is 0 Å². The molecule has 0 N–H and O–H groups in total. The summed E-state index contributed by atoms with van der Waals surface area (Å²) in [5.74, 6) is 1.87. The third-order valence-electron chi connectivity index (χ3n) is 11.0. The van der Waals surface area contributed by atoms with Crippen LogP contribution in [0, 0.1) is 0 Å². The normalized spacial score (nSPS) is 11.5. The Morgan fingerprint density at radius 1 is 0.281 bits per heavy atom. The van der Waals surface area contributed by atoms with Gasteiger partial charge in [-0.3, -0.25) is 0 Å². The minimum absolute atomic E-state index is 0.615. The van der Waals surface area contributed by atoms with E-state index in [1.54, 1.807) is 0 Å². The van der Waals surface area contributed by atoms with E-state index >= 15 is 0 Å². The van der Waals surface area contributed by atoms with Gasteiger partial charge in [0, 0.05) is 33.0 Å². The maximum absolute atomic E-state index is 5.25. The molecule has 11 rings (SSSR count). The summed E-state index contributed by atoms with van der Waals surface area (Å²) in [6.07, 6.45) is 0. The van der Waals surface area contributed by atoms with Crippen LogP contribution in [0.1, 0.15) is 0 Å². The van der Waals surface area contributed by atoms with Gasteiger partial charge in [0.2, 0.25) is 0 Å². The summed E-state index contributed by atoms with van der Waals surface area (Å²) in [4.78, 5) is 15.5. The first-order chi connectivity index (χ1) is 28.2. The zero-order valence-corrected chi connectivity index (χ0v) is 30.9. The molecule has 9 aromatic carbocycles. The van der Waals surface area contributed by atoms with Gasteiger partial charge in [0.05, 0.1) is 16.7 Å². The zero-order valence-electron chi connectivity index (χ0n) is 30.9. The largest absolute Gasteiger partial charge is 0.309 e. The van der Waals surface area contributed by atoms with Crippen molar-refractivity contribution >= 4 is 43.4 Å². The first-order valence-corrected chi connectivity index (χ1v) is 19.3. The quantitative estimate of drug-likeness (QED) is 0.171. The maximum atomic E-state index is 5.25. The first kappa shape index (κ1) is 32.7. The molecule has 2 heterocycles. The van der Waals surface area contributed by atoms with Gasteiger partial charge in [-0.2, -0.15) is 0 Å². The molecule has 0 aliphatic rings. The Morgan fingerprint density at radius 3 is 1.11 bits per heavy atom. The van der Waals surface area contributed by atoms with E-state index in [1.807, 2.05) is 36.4 Å². The van der Waals surface area contributed by atoms with Crippen LogP contribution in [0.5, 0.6) is 0 Å². The smallest absolute Gasteiger partial charge is 0.164 e. The lowest BCUT2D eigenvalue weighted by molar-refractivity contribution is 1.07. The molecule has 266 valence electrons. The number of hydrogen-bond donors (Lipinski definition) is 0. The molecule has 0 amide bonds. The van der Waals surface area contributed by atoms with Gasteiger partial charge in [-0.1, -0.05) is 170 Å². The number of fused-ring (bicyclic) bond motifs is 5. The molecule has 0 spiro atoms. The monoisotopic (exact) mass is 726 g/mol. The Morgan fingerprint density at radius 2 is 0.649 bits per heavy atom. The van der Waals surface area contributed by atoms with Gasteiger partial charge in [-0.15, -0.1) is 0 Å². The fourth-order valence-corrected chi connectivity index (χ4v) is 8.24. The fraction of sp³-hybridized carbons (Fsp3) is 0. The van der Waals surface area contributed by atoms with Crippen molar-refractivity contribution in [2.75, 3.05) is 0 Å². The molecule has 0 bridgehead atoms. The van der Waals surface area contributed by atoms with Crippen molar-refractivity contribution in [2.45, 2.75) is 0 Å². The van der Waals surface area contributed by atoms with E-state index in [0.717, 1.165) is 55.7 Å². The van der Waals surface area contributed by atoms with Crippen LogP contribution >= 0.6 is 0 Å². The van der Waals surface area contributed by atoms with Crippen molar-refractivity contribution < 1.29 is 0 Å². The standard InChI is InChI=1S/C53H34N4/c1-5-17-35(18-6-1)43-34-50(57-48-31-41-27-15-13-25-39(41)29-45(48)46-30-40-26-14-16-28-42(40)32-49(46)57)44(36-19-7-2-8-20-36)33-47(43)53-55-51(37-21-9-3-10-22-37)54-52(56-53)38-23-11-4-12-24-38/h1-34H. The Hall–Kier alpha value is -7.69. The van der Waals surface area contributed by atoms with E-state index in [9.17, 15) is 0 Å². The summed E-state index contributed by atoms with van der Waals surface area (Å²) in [7, 11) is 0. The Kier molecular flexibility index (Phi) is 7.78. The molecule has 2 aromatic heterocycles. The van der Waals surface area contributed by atoms with Gasteiger partial charge in [-0.25, -0.2) is 15.0 Å². The van der Waals surface area contributed by atoms with Crippen molar-refractivity contribution in [2.24, 2.45) is 0 Å². The summed E-state index contributed by atoms with van der Waals surface area (Å²) in [5, 5.41) is 7.28. The van der Waals surface area contributed by atoms with Crippen molar-refractivity contribution in [3.8, 4) is 62.1 Å². The third kappa shape index (κ3) is 5.74. The molecular weight excluding hydrogens is 693 g/mol. The molecule has 57 heavy (non-hydrogen) atoms. The van der Waals surface area contributed by atoms with Crippen molar-refractivity contribution in [1.29, 1.82) is 0 Å². The van der Waals surface area contributed by atoms with Crippen LogP contribution in [-0.2, 0) is 0 Å². The van der Waals surface area contributed by atoms with Gasteiger partial charge < -0.3 is 4.57 Å². The molecule has 0 atom stereocenters. The van der Waals surface area contributed by atoms with E-state index in [1.165, 1.54) is 32.3 Å². The molecule has 0 saturated carbocycles. The summed E-state index contributed by atoms with van der Waals surface area (Å²) in [5.41, 5.74) is 10.5.